The van der Waals surface area contributed by atoms with Crippen molar-refractivity contribution in [3.8, 4) is 5.75 Å². The Morgan fingerprint density at radius 3 is 2.28 bits per heavy atom. The lowest BCUT2D eigenvalue weighted by atomic mass is 9.84. The first-order valence-electron chi connectivity index (χ1n) is 8.44. The van der Waals surface area contributed by atoms with Gasteiger partial charge in [0.25, 0.3) is 0 Å². The molecule has 0 spiro atoms. The molecule has 2 N–H and O–H groups in total. The van der Waals surface area contributed by atoms with Crippen LogP contribution in [0.15, 0.2) is 54.6 Å². The molecule has 2 aromatic rings. The third-order valence-electron chi connectivity index (χ3n) is 4.43. The smallest absolute Gasteiger partial charge is 0.226 e. The second kappa shape index (κ2) is 7.70. The van der Waals surface area contributed by atoms with Gasteiger partial charge in [-0.25, -0.2) is 0 Å². The lowest BCUT2D eigenvalue weighted by Crippen LogP contribution is -2.44. The molecular weight excluding hydrogens is 314 g/mol. The first-order valence-corrected chi connectivity index (χ1v) is 8.44. The lowest BCUT2D eigenvalue weighted by molar-refractivity contribution is -0.130. The summed E-state index contributed by atoms with van der Waals surface area (Å²) in [6, 6.07) is 17.1. The summed E-state index contributed by atoms with van der Waals surface area (Å²) in [7, 11) is 1.63. The third kappa shape index (κ3) is 4.83. The van der Waals surface area contributed by atoms with Gasteiger partial charge in [-0.05, 0) is 30.5 Å². The normalized spacial score (nSPS) is 13.8. The minimum atomic E-state index is -1.11. The largest absolute Gasteiger partial charge is 0.496 e. The summed E-state index contributed by atoms with van der Waals surface area (Å²) in [4.78, 5) is 12.7. The maximum Gasteiger partial charge on any atom is 0.226 e. The number of hydrogen-bond acceptors (Lipinski definition) is 3. The number of para-hydroxylation sites is 1. The molecule has 134 valence electrons. The Bertz CT molecular complexity index is 708. The van der Waals surface area contributed by atoms with Crippen molar-refractivity contribution in [1.29, 1.82) is 0 Å². The number of hydrogen-bond donors (Lipinski definition) is 2. The second-order valence-electron chi connectivity index (χ2n) is 7.20. The molecule has 25 heavy (non-hydrogen) atoms. The Balaban J connectivity index is 2.04. The molecule has 0 saturated heterocycles. The number of carbonyl (C=O) groups is 1. The van der Waals surface area contributed by atoms with E-state index >= 15 is 0 Å². The average molecular weight is 341 g/mol. The van der Waals surface area contributed by atoms with Crippen LogP contribution in [0.5, 0.6) is 5.75 Å². The summed E-state index contributed by atoms with van der Waals surface area (Å²) >= 11 is 0. The van der Waals surface area contributed by atoms with Crippen LogP contribution >= 0.6 is 0 Å². The number of ether oxygens (including phenoxy) is 1. The van der Waals surface area contributed by atoms with Crippen LogP contribution in [0, 0.1) is 5.41 Å². The number of aliphatic hydroxyl groups is 1. The number of methoxy groups -OCH3 is 1. The first kappa shape index (κ1) is 19.0. The number of benzene rings is 2. The van der Waals surface area contributed by atoms with Crippen LogP contribution in [-0.2, 0) is 16.8 Å². The van der Waals surface area contributed by atoms with Crippen molar-refractivity contribution >= 4 is 5.91 Å². The van der Waals surface area contributed by atoms with Gasteiger partial charge in [0.05, 0.1) is 13.7 Å². The zero-order valence-corrected chi connectivity index (χ0v) is 15.4. The molecule has 1 amide bonds. The fraction of sp³-hybridized carbons (Fsp3) is 0.381. The van der Waals surface area contributed by atoms with E-state index < -0.39 is 11.0 Å². The summed E-state index contributed by atoms with van der Waals surface area (Å²) in [5, 5.41) is 13.5. The number of nitrogens with one attached hydrogen (secondary N) is 1. The maximum atomic E-state index is 12.7. The van der Waals surface area contributed by atoms with Crippen molar-refractivity contribution in [2.75, 3.05) is 13.7 Å². The Morgan fingerprint density at radius 2 is 1.64 bits per heavy atom. The van der Waals surface area contributed by atoms with E-state index in [-0.39, 0.29) is 12.5 Å². The van der Waals surface area contributed by atoms with Gasteiger partial charge in [0.15, 0.2) is 0 Å². The fourth-order valence-corrected chi connectivity index (χ4v) is 2.80. The molecule has 0 radical (unpaired) electrons. The van der Waals surface area contributed by atoms with Gasteiger partial charge < -0.3 is 15.2 Å². The van der Waals surface area contributed by atoms with E-state index in [1.54, 1.807) is 14.0 Å². The van der Waals surface area contributed by atoms with Crippen LogP contribution in [0.4, 0.5) is 0 Å². The zero-order chi connectivity index (χ0) is 18.5. The molecule has 1 atom stereocenters. The standard InChI is InChI=1S/C21H27NO3/c1-20(2,14-16-10-8-9-13-18(16)25-4)19(23)22-15-21(3,24)17-11-6-5-7-12-17/h5-13,24H,14-15H2,1-4H3,(H,22,23). The Labute approximate surface area is 149 Å². The molecule has 4 heteroatoms. The van der Waals surface area contributed by atoms with Crippen LogP contribution < -0.4 is 10.1 Å². The van der Waals surface area contributed by atoms with Crippen LogP contribution in [0.3, 0.4) is 0 Å². The van der Waals surface area contributed by atoms with Crippen molar-refractivity contribution in [2.45, 2.75) is 32.8 Å². The molecule has 0 heterocycles. The van der Waals surface area contributed by atoms with Crippen molar-refractivity contribution in [1.82, 2.24) is 5.32 Å². The SMILES string of the molecule is COc1ccccc1CC(C)(C)C(=O)NCC(C)(O)c1ccccc1. The highest BCUT2D eigenvalue weighted by Crippen LogP contribution is 2.28. The average Bonchev–Trinajstić information content (AvgIpc) is 2.60. The Kier molecular flexibility index (Phi) is 5.85. The van der Waals surface area contributed by atoms with Crippen LogP contribution in [-0.4, -0.2) is 24.7 Å². The molecular formula is C21H27NO3. The highest BCUT2D eigenvalue weighted by molar-refractivity contribution is 5.82. The van der Waals surface area contributed by atoms with Gasteiger partial charge in [0.1, 0.15) is 11.4 Å². The van der Waals surface area contributed by atoms with Crippen LogP contribution in [0.2, 0.25) is 0 Å². The van der Waals surface area contributed by atoms with Crippen molar-refractivity contribution in [2.24, 2.45) is 5.41 Å². The molecule has 0 aliphatic heterocycles. The zero-order valence-electron chi connectivity index (χ0n) is 15.4. The quantitative estimate of drug-likeness (QED) is 0.812. The van der Waals surface area contributed by atoms with Gasteiger partial charge in [0, 0.05) is 5.41 Å². The van der Waals surface area contributed by atoms with Gasteiger partial charge in [-0.15, -0.1) is 0 Å². The fourth-order valence-electron chi connectivity index (χ4n) is 2.80. The molecule has 0 aliphatic carbocycles. The highest BCUT2D eigenvalue weighted by Gasteiger charge is 2.31. The van der Waals surface area contributed by atoms with E-state index in [9.17, 15) is 9.90 Å². The van der Waals surface area contributed by atoms with Crippen molar-refractivity contribution < 1.29 is 14.6 Å². The van der Waals surface area contributed by atoms with Gasteiger partial charge in [-0.2, -0.15) is 0 Å². The monoisotopic (exact) mass is 341 g/mol. The minimum absolute atomic E-state index is 0.102. The summed E-state index contributed by atoms with van der Waals surface area (Å²) in [5.41, 5.74) is 0.0246. The maximum absolute atomic E-state index is 12.7. The molecule has 0 aliphatic rings. The molecule has 0 fully saturated rings. The topological polar surface area (TPSA) is 58.6 Å². The lowest BCUT2D eigenvalue weighted by Gasteiger charge is -2.29. The van der Waals surface area contributed by atoms with Gasteiger partial charge in [0.2, 0.25) is 5.91 Å². The van der Waals surface area contributed by atoms with Gasteiger partial charge >= 0.3 is 0 Å². The Morgan fingerprint density at radius 1 is 1.04 bits per heavy atom. The molecule has 2 aromatic carbocycles. The van der Waals surface area contributed by atoms with Crippen molar-refractivity contribution in [3.05, 3.63) is 65.7 Å². The summed E-state index contributed by atoms with van der Waals surface area (Å²) in [5.74, 6) is 0.675. The Hall–Kier alpha value is -2.33. The molecule has 2 rings (SSSR count). The van der Waals surface area contributed by atoms with Gasteiger partial charge in [-0.1, -0.05) is 62.4 Å². The first-order chi connectivity index (χ1) is 11.8. The number of carbonyl (C=O) groups excluding carboxylic acids is 1. The van der Waals surface area contributed by atoms with E-state index in [0.29, 0.717) is 6.42 Å². The summed E-state index contributed by atoms with van der Waals surface area (Å²) in [6.07, 6.45) is 0.552. The molecule has 1 unspecified atom stereocenters. The molecule has 0 aromatic heterocycles. The second-order valence-corrected chi connectivity index (χ2v) is 7.20. The van der Waals surface area contributed by atoms with Crippen LogP contribution in [0.25, 0.3) is 0 Å². The number of amides is 1. The van der Waals surface area contributed by atoms with E-state index in [2.05, 4.69) is 5.32 Å². The van der Waals surface area contributed by atoms with Gasteiger partial charge in [-0.3, -0.25) is 4.79 Å². The van der Waals surface area contributed by atoms with E-state index in [1.807, 2.05) is 68.4 Å². The minimum Gasteiger partial charge on any atom is -0.496 e. The van der Waals surface area contributed by atoms with Crippen LogP contribution in [0.1, 0.15) is 31.9 Å². The van der Waals surface area contributed by atoms with E-state index in [1.165, 1.54) is 0 Å². The molecule has 0 bridgehead atoms. The highest BCUT2D eigenvalue weighted by atomic mass is 16.5. The molecule has 0 saturated carbocycles. The molecule has 4 nitrogen and oxygen atoms in total. The van der Waals surface area contributed by atoms with Crippen molar-refractivity contribution in [3.63, 3.8) is 0 Å². The third-order valence-corrected chi connectivity index (χ3v) is 4.43. The predicted octanol–water partition coefficient (Wildman–Crippen LogP) is 3.29. The van der Waals surface area contributed by atoms with E-state index in [4.69, 9.17) is 4.74 Å². The summed E-state index contributed by atoms with van der Waals surface area (Å²) in [6.45, 7) is 5.65. The summed E-state index contributed by atoms with van der Waals surface area (Å²) < 4.78 is 5.37. The van der Waals surface area contributed by atoms with E-state index in [0.717, 1.165) is 16.9 Å². The predicted molar refractivity (Wildman–Crippen MR) is 99.5 cm³/mol. The number of rotatable bonds is 7.